The molecule has 178 valence electrons. The minimum atomic E-state index is -2.41. The van der Waals surface area contributed by atoms with Crippen LogP contribution in [0.3, 0.4) is 0 Å². The molecule has 3 aromatic carbocycles. The maximum atomic E-state index is 13.6. The van der Waals surface area contributed by atoms with Crippen molar-refractivity contribution in [1.82, 2.24) is 9.78 Å². The summed E-state index contributed by atoms with van der Waals surface area (Å²) in [5.41, 5.74) is 0.821. The summed E-state index contributed by atoms with van der Waals surface area (Å²) in [4.78, 5) is 12.8. The van der Waals surface area contributed by atoms with Gasteiger partial charge in [0.2, 0.25) is 0 Å². The van der Waals surface area contributed by atoms with Gasteiger partial charge in [-0.3, -0.25) is 0 Å². The number of fused-ring (bicyclic) bond motifs is 1. The number of nitrogens with one attached hydrogen (secondary N) is 1. The third kappa shape index (κ3) is 3.77. The summed E-state index contributed by atoms with van der Waals surface area (Å²) >= 11 is 6.12. The average molecular weight is 492 g/mol. The van der Waals surface area contributed by atoms with E-state index in [9.17, 15) is 19.4 Å². The van der Waals surface area contributed by atoms with Crippen LogP contribution >= 0.6 is 11.6 Å². The number of carboxylic acid groups (broad SMARTS) is 1. The van der Waals surface area contributed by atoms with Crippen molar-refractivity contribution >= 4 is 23.4 Å². The predicted molar refractivity (Wildman–Crippen MR) is 132 cm³/mol. The summed E-state index contributed by atoms with van der Waals surface area (Å²) in [6, 6.07) is 21.3. The molecule has 0 spiro atoms. The van der Waals surface area contributed by atoms with Gasteiger partial charge in [0, 0.05) is 16.1 Å². The molecule has 0 aliphatic carbocycles. The number of rotatable bonds is 5. The Morgan fingerprint density at radius 2 is 1.71 bits per heavy atom. The zero-order valence-electron chi connectivity index (χ0n) is 18.8. The largest absolute Gasteiger partial charge is 0.478 e. The van der Waals surface area contributed by atoms with Crippen LogP contribution in [0.1, 0.15) is 35.6 Å². The van der Waals surface area contributed by atoms with Gasteiger partial charge in [-0.2, -0.15) is 5.10 Å². The fourth-order valence-electron chi connectivity index (χ4n) is 4.87. The van der Waals surface area contributed by atoms with Gasteiger partial charge >= 0.3 is 5.97 Å². The number of carboxylic acids is 1. The minimum absolute atomic E-state index is 0.386. The lowest BCUT2D eigenvalue weighted by Crippen LogP contribution is -2.54. The number of carbonyl (C=O) groups is 1. The Bertz CT molecular complexity index is 1370. The van der Waals surface area contributed by atoms with E-state index in [-0.39, 0.29) is 5.82 Å². The molecule has 0 amide bonds. The highest BCUT2D eigenvalue weighted by Crippen LogP contribution is 2.50. The molecule has 8 heteroatoms. The van der Waals surface area contributed by atoms with E-state index in [2.05, 4.69) is 10.4 Å². The second-order valence-electron chi connectivity index (χ2n) is 8.54. The summed E-state index contributed by atoms with van der Waals surface area (Å²) in [6.45, 7) is 1.92. The Morgan fingerprint density at radius 1 is 1.06 bits per heavy atom. The summed E-state index contributed by atoms with van der Waals surface area (Å²) in [6.07, 6.45) is 0.508. The lowest BCUT2D eigenvalue weighted by Gasteiger charge is -2.44. The molecule has 1 aliphatic rings. The van der Waals surface area contributed by atoms with Gasteiger partial charge in [-0.1, -0.05) is 61.0 Å². The van der Waals surface area contributed by atoms with Gasteiger partial charge in [0.1, 0.15) is 11.6 Å². The summed E-state index contributed by atoms with van der Waals surface area (Å²) in [5.74, 6) is -2.34. The fourth-order valence-corrected chi connectivity index (χ4v) is 5.00. The molecule has 0 unspecified atom stereocenters. The predicted octanol–water partition coefficient (Wildman–Crippen LogP) is 5.59. The Morgan fingerprint density at radius 3 is 2.31 bits per heavy atom. The normalized spacial score (nSPS) is 21.3. The third-order valence-corrected chi connectivity index (χ3v) is 6.79. The average Bonchev–Trinajstić information content (AvgIpc) is 3.24. The smallest absolute Gasteiger partial charge is 0.360 e. The second kappa shape index (κ2) is 8.83. The molecule has 35 heavy (non-hydrogen) atoms. The van der Waals surface area contributed by atoms with Crippen LogP contribution in [0.15, 0.2) is 78.9 Å². The van der Waals surface area contributed by atoms with E-state index in [0.29, 0.717) is 34.1 Å². The number of anilines is 1. The van der Waals surface area contributed by atoms with Crippen LogP contribution in [0.2, 0.25) is 5.02 Å². The molecule has 6 nitrogen and oxygen atoms in total. The maximum Gasteiger partial charge on any atom is 0.360 e. The molecule has 1 aliphatic heterocycles. The summed E-state index contributed by atoms with van der Waals surface area (Å²) < 4.78 is 14.7. The molecule has 4 aromatic rings. The Kier molecular flexibility index (Phi) is 5.83. The zero-order valence-corrected chi connectivity index (χ0v) is 19.6. The third-order valence-electron chi connectivity index (χ3n) is 6.54. The second-order valence-corrected chi connectivity index (χ2v) is 8.98. The van der Waals surface area contributed by atoms with Crippen LogP contribution in [0.25, 0.3) is 11.3 Å². The molecule has 3 atom stereocenters. The summed E-state index contributed by atoms with van der Waals surface area (Å²) in [7, 11) is 0. The van der Waals surface area contributed by atoms with Crippen molar-refractivity contribution < 1.29 is 19.4 Å². The van der Waals surface area contributed by atoms with Crippen molar-refractivity contribution in [3.8, 4) is 11.3 Å². The van der Waals surface area contributed by atoms with Crippen molar-refractivity contribution in [2.24, 2.45) is 0 Å². The number of aliphatic hydroxyl groups is 1. The van der Waals surface area contributed by atoms with Crippen LogP contribution < -0.4 is 5.32 Å². The van der Waals surface area contributed by atoms with Gasteiger partial charge in [0.25, 0.3) is 5.72 Å². The topological polar surface area (TPSA) is 87.4 Å². The van der Waals surface area contributed by atoms with Gasteiger partial charge in [0.05, 0.1) is 17.7 Å². The lowest BCUT2D eigenvalue weighted by molar-refractivity contribution is -0.179. The molecule has 0 bridgehead atoms. The van der Waals surface area contributed by atoms with Crippen LogP contribution in [0.5, 0.6) is 0 Å². The molecule has 0 saturated heterocycles. The number of aromatic nitrogens is 2. The molecule has 0 fully saturated rings. The van der Waals surface area contributed by atoms with E-state index in [1.54, 1.807) is 48.5 Å². The first-order chi connectivity index (χ1) is 16.8. The van der Waals surface area contributed by atoms with Gasteiger partial charge in [0.15, 0.2) is 0 Å². The van der Waals surface area contributed by atoms with E-state index in [0.717, 1.165) is 15.8 Å². The highest BCUT2D eigenvalue weighted by Gasteiger charge is 2.56. The van der Waals surface area contributed by atoms with Crippen molar-refractivity contribution in [1.29, 1.82) is 0 Å². The fraction of sp³-hybridized carbons (Fsp3) is 0.185. The number of hydrogen-bond acceptors (Lipinski definition) is 4. The monoisotopic (exact) mass is 491 g/mol. The van der Waals surface area contributed by atoms with Crippen molar-refractivity contribution in [3.63, 3.8) is 0 Å². The maximum absolute atomic E-state index is 13.6. The number of benzene rings is 3. The SMILES string of the molecule is CCc1c(-c2ccc(F)cc2)nn2c1N[C@H](c1ccc(Cl)cc1)[C@@H](c1ccccc1)[C@]2(O)C(=O)O. The van der Waals surface area contributed by atoms with Gasteiger partial charge < -0.3 is 15.5 Å². The number of nitrogens with zero attached hydrogens (tertiary/aromatic N) is 2. The van der Waals surface area contributed by atoms with Crippen LogP contribution in [-0.4, -0.2) is 26.0 Å². The van der Waals surface area contributed by atoms with E-state index in [1.165, 1.54) is 12.1 Å². The molecular weight excluding hydrogens is 469 g/mol. The van der Waals surface area contributed by atoms with E-state index in [4.69, 9.17) is 11.6 Å². The first-order valence-corrected chi connectivity index (χ1v) is 11.6. The Balaban J connectivity index is 1.79. The van der Waals surface area contributed by atoms with Crippen LogP contribution in [0.4, 0.5) is 10.2 Å². The number of hydrogen-bond donors (Lipinski definition) is 3. The van der Waals surface area contributed by atoms with E-state index < -0.39 is 23.7 Å². The Hall–Kier alpha value is -3.68. The van der Waals surface area contributed by atoms with Crippen LogP contribution in [0, 0.1) is 5.82 Å². The first-order valence-electron chi connectivity index (χ1n) is 11.3. The molecule has 3 N–H and O–H groups in total. The van der Waals surface area contributed by atoms with Gasteiger partial charge in [-0.25, -0.2) is 13.9 Å². The first kappa shape index (κ1) is 23.1. The lowest BCUT2D eigenvalue weighted by atomic mass is 9.77. The molecular formula is C27H23ClFN3O3. The minimum Gasteiger partial charge on any atom is -0.478 e. The molecule has 0 saturated carbocycles. The summed E-state index contributed by atoms with van der Waals surface area (Å²) in [5, 5.41) is 31.1. The molecule has 0 radical (unpaired) electrons. The van der Waals surface area contributed by atoms with Crippen molar-refractivity contribution in [3.05, 3.63) is 106 Å². The molecule has 1 aromatic heterocycles. The molecule has 5 rings (SSSR count). The van der Waals surface area contributed by atoms with Crippen LogP contribution in [-0.2, 0) is 16.9 Å². The highest BCUT2D eigenvalue weighted by atomic mass is 35.5. The highest BCUT2D eigenvalue weighted by molar-refractivity contribution is 6.30. The van der Waals surface area contributed by atoms with Gasteiger partial charge in [-0.05, 0) is 53.9 Å². The standard InChI is InChI=1S/C27H23ClFN3O3/c1-2-21-23(17-10-14-20(29)15-11-17)31-32-25(21)30-24(18-8-12-19(28)13-9-18)22(27(32,35)26(33)34)16-6-4-3-5-7-16/h3-15,22,24,30,35H,2H2,1H3,(H,33,34)/t22-,24-,27+/m1/s1. The van der Waals surface area contributed by atoms with Crippen molar-refractivity contribution in [2.75, 3.05) is 5.32 Å². The van der Waals surface area contributed by atoms with E-state index >= 15 is 0 Å². The number of aliphatic carboxylic acids is 1. The number of halogens is 2. The van der Waals surface area contributed by atoms with Gasteiger partial charge in [-0.15, -0.1) is 0 Å². The Labute approximate surface area is 206 Å². The molecule has 2 heterocycles. The van der Waals surface area contributed by atoms with E-state index in [1.807, 2.05) is 25.1 Å². The quantitative estimate of drug-likeness (QED) is 0.339. The van der Waals surface area contributed by atoms with Crippen molar-refractivity contribution in [2.45, 2.75) is 31.0 Å². The zero-order chi connectivity index (χ0) is 24.7.